The van der Waals surface area contributed by atoms with Gasteiger partial charge in [0, 0.05) is 12.1 Å². The Hall–Kier alpha value is -2.66. The minimum Gasteiger partial charge on any atom is -0.469 e. The molecule has 1 heterocycles. The first-order valence-electron chi connectivity index (χ1n) is 9.89. The van der Waals surface area contributed by atoms with Gasteiger partial charge in [-0.3, -0.25) is 14.5 Å². The Kier molecular flexibility index (Phi) is 7.20. The maximum atomic E-state index is 12.7. The van der Waals surface area contributed by atoms with Crippen molar-refractivity contribution in [2.45, 2.75) is 38.3 Å². The van der Waals surface area contributed by atoms with Gasteiger partial charge < -0.3 is 10.1 Å². The van der Waals surface area contributed by atoms with E-state index >= 15 is 0 Å². The first-order chi connectivity index (χ1) is 13.7. The van der Waals surface area contributed by atoms with Gasteiger partial charge in [-0.2, -0.15) is 0 Å². The number of rotatable bonds is 7. The summed E-state index contributed by atoms with van der Waals surface area (Å²) in [5.74, 6) is -0.548. The number of carbonyl (C=O) groups excluding carboxylic acids is 2. The quantitative estimate of drug-likeness (QED) is 0.744. The first kappa shape index (κ1) is 20.1. The van der Waals surface area contributed by atoms with Crippen molar-refractivity contribution in [1.82, 2.24) is 10.2 Å². The second-order valence-corrected chi connectivity index (χ2v) is 7.25. The summed E-state index contributed by atoms with van der Waals surface area (Å²) >= 11 is 0. The van der Waals surface area contributed by atoms with Gasteiger partial charge >= 0.3 is 5.97 Å². The molecule has 2 aromatic rings. The number of benzene rings is 2. The van der Waals surface area contributed by atoms with E-state index in [-0.39, 0.29) is 18.3 Å². The molecule has 0 bridgehead atoms. The van der Waals surface area contributed by atoms with Crippen LogP contribution in [0.15, 0.2) is 54.6 Å². The maximum Gasteiger partial charge on any atom is 0.307 e. The van der Waals surface area contributed by atoms with E-state index in [2.05, 4.69) is 10.2 Å². The lowest BCUT2D eigenvalue weighted by Gasteiger charge is -2.26. The number of nitrogens with zero attached hydrogens (tertiary/aromatic N) is 1. The molecule has 0 aliphatic carbocycles. The third-order valence-corrected chi connectivity index (χ3v) is 5.18. The standard InChI is InChI=1S/C23H28N2O3/c1-28-22(26)16-21(19-8-4-2-5-9-19)24-23(27)20-12-10-18(11-13-20)17-25-14-6-3-7-15-25/h2,4-5,8-13,21H,3,6-7,14-17H2,1H3,(H,24,27)/t21-/m0/s1. The average molecular weight is 380 g/mol. The van der Waals surface area contributed by atoms with Gasteiger partial charge in [0.1, 0.15) is 0 Å². The fourth-order valence-corrected chi connectivity index (χ4v) is 3.57. The molecule has 1 atom stereocenters. The molecule has 1 fully saturated rings. The summed E-state index contributed by atoms with van der Waals surface area (Å²) in [4.78, 5) is 27.0. The number of likely N-dealkylation sites (tertiary alicyclic amines) is 1. The number of nitrogens with one attached hydrogen (secondary N) is 1. The number of hydrogen-bond donors (Lipinski definition) is 1. The molecule has 2 aromatic carbocycles. The Morgan fingerprint density at radius 2 is 1.68 bits per heavy atom. The minimum atomic E-state index is -0.422. The topological polar surface area (TPSA) is 58.6 Å². The van der Waals surface area contributed by atoms with Crippen LogP contribution in [-0.4, -0.2) is 37.0 Å². The molecular weight excluding hydrogens is 352 g/mol. The van der Waals surface area contributed by atoms with Crippen molar-refractivity contribution >= 4 is 11.9 Å². The zero-order valence-corrected chi connectivity index (χ0v) is 16.4. The Labute approximate surface area is 166 Å². The summed E-state index contributed by atoms with van der Waals surface area (Å²) in [7, 11) is 1.35. The molecule has 0 saturated carbocycles. The summed E-state index contributed by atoms with van der Waals surface area (Å²) in [6, 6.07) is 16.8. The van der Waals surface area contributed by atoms with Gasteiger partial charge in [-0.1, -0.05) is 48.9 Å². The zero-order valence-electron chi connectivity index (χ0n) is 16.4. The van der Waals surface area contributed by atoms with Crippen LogP contribution in [0.2, 0.25) is 0 Å². The summed E-state index contributed by atoms with van der Waals surface area (Å²) in [6.07, 6.45) is 3.95. The van der Waals surface area contributed by atoms with Crippen molar-refractivity contribution < 1.29 is 14.3 Å². The first-order valence-corrected chi connectivity index (χ1v) is 9.89. The largest absolute Gasteiger partial charge is 0.469 e. The van der Waals surface area contributed by atoms with E-state index in [9.17, 15) is 9.59 Å². The molecule has 0 spiro atoms. The van der Waals surface area contributed by atoms with Crippen LogP contribution in [0.4, 0.5) is 0 Å². The van der Waals surface area contributed by atoms with Crippen molar-refractivity contribution in [1.29, 1.82) is 0 Å². The Bertz CT molecular complexity index is 768. The molecule has 5 nitrogen and oxygen atoms in total. The van der Waals surface area contributed by atoms with Gasteiger partial charge in [-0.25, -0.2) is 0 Å². The maximum absolute atomic E-state index is 12.7. The lowest BCUT2D eigenvalue weighted by Crippen LogP contribution is -2.30. The van der Waals surface area contributed by atoms with Gasteiger partial charge in [0.15, 0.2) is 0 Å². The Balaban J connectivity index is 1.64. The van der Waals surface area contributed by atoms with E-state index in [1.54, 1.807) is 0 Å². The molecule has 0 unspecified atom stereocenters. The molecule has 1 aliphatic heterocycles. The van der Waals surface area contributed by atoms with E-state index in [1.807, 2.05) is 54.6 Å². The molecule has 3 rings (SSSR count). The van der Waals surface area contributed by atoms with Crippen LogP contribution in [-0.2, 0) is 16.1 Å². The van der Waals surface area contributed by atoms with Crippen LogP contribution in [0.1, 0.15) is 53.2 Å². The second kappa shape index (κ2) is 10.0. The predicted octanol–water partition coefficient (Wildman–Crippen LogP) is 3.71. The molecule has 5 heteroatoms. The molecule has 1 aliphatic rings. The molecular formula is C23H28N2O3. The highest BCUT2D eigenvalue weighted by Gasteiger charge is 2.19. The lowest BCUT2D eigenvalue weighted by molar-refractivity contribution is -0.141. The number of ether oxygens (including phenoxy) is 1. The van der Waals surface area contributed by atoms with Crippen LogP contribution >= 0.6 is 0 Å². The van der Waals surface area contributed by atoms with Crippen LogP contribution in [0.3, 0.4) is 0 Å². The minimum absolute atomic E-state index is 0.0965. The zero-order chi connectivity index (χ0) is 19.8. The molecule has 0 radical (unpaired) electrons. The van der Waals surface area contributed by atoms with Gasteiger partial charge in [0.2, 0.25) is 0 Å². The van der Waals surface area contributed by atoms with Crippen molar-refractivity contribution in [3.8, 4) is 0 Å². The van der Waals surface area contributed by atoms with Crippen LogP contribution in [0.25, 0.3) is 0 Å². The number of esters is 1. The number of amides is 1. The highest BCUT2D eigenvalue weighted by molar-refractivity contribution is 5.94. The lowest BCUT2D eigenvalue weighted by atomic mass is 10.0. The third-order valence-electron chi connectivity index (χ3n) is 5.18. The summed E-state index contributed by atoms with van der Waals surface area (Å²) in [6.45, 7) is 3.22. The summed E-state index contributed by atoms with van der Waals surface area (Å²) in [5.41, 5.74) is 2.68. The Morgan fingerprint density at radius 1 is 1.00 bits per heavy atom. The Morgan fingerprint density at radius 3 is 2.32 bits per heavy atom. The van der Waals surface area contributed by atoms with E-state index in [0.29, 0.717) is 5.56 Å². The summed E-state index contributed by atoms with van der Waals surface area (Å²) < 4.78 is 4.78. The monoisotopic (exact) mass is 380 g/mol. The molecule has 1 amide bonds. The fraction of sp³-hybridized carbons (Fsp3) is 0.391. The van der Waals surface area contributed by atoms with E-state index in [1.165, 1.54) is 31.9 Å². The van der Waals surface area contributed by atoms with Crippen molar-refractivity contribution in [2.75, 3.05) is 20.2 Å². The van der Waals surface area contributed by atoms with E-state index < -0.39 is 6.04 Å². The smallest absolute Gasteiger partial charge is 0.307 e. The van der Waals surface area contributed by atoms with Crippen molar-refractivity contribution in [2.24, 2.45) is 0 Å². The van der Waals surface area contributed by atoms with Gasteiger partial charge in [-0.15, -0.1) is 0 Å². The van der Waals surface area contributed by atoms with E-state index in [4.69, 9.17) is 4.74 Å². The van der Waals surface area contributed by atoms with Crippen LogP contribution in [0, 0.1) is 0 Å². The number of piperidine rings is 1. The molecule has 1 saturated heterocycles. The normalized spacial score (nSPS) is 15.6. The number of carbonyl (C=O) groups is 2. The van der Waals surface area contributed by atoms with Gasteiger partial charge in [-0.05, 0) is 49.2 Å². The number of hydrogen-bond acceptors (Lipinski definition) is 4. The number of methoxy groups -OCH3 is 1. The van der Waals surface area contributed by atoms with Crippen LogP contribution < -0.4 is 5.32 Å². The fourth-order valence-electron chi connectivity index (χ4n) is 3.57. The average Bonchev–Trinajstić information content (AvgIpc) is 2.75. The van der Waals surface area contributed by atoms with Crippen molar-refractivity contribution in [3.05, 3.63) is 71.3 Å². The van der Waals surface area contributed by atoms with E-state index in [0.717, 1.165) is 25.2 Å². The molecule has 1 N–H and O–H groups in total. The van der Waals surface area contributed by atoms with Crippen molar-refractivity contribution in [3.63, 3.8) is 0 Å². The molecule has 28 heavy (non-hydrogen) atoms. The van der Waals surface area contributed by atoms with Crippen LogP contribution in [0.5, 0.6) is 0 Å². The molecule has 148 valence electrons. The second-order valence-electron chi connectivity index (χ2n) is 7.25. The highest BCUT2D eigenvalue weighted by Crippen LogP contribution is 2.19. The molecule has 0 aromatic heterocycles. The third kappa shape index (κ3) is 5.67. The predicted molar refractivity (Wildman–Crippen MR) is 109 cm³/mol. The highest BCUT2D eigenvalue weighted by atomic mass is 16.5. The van der Waals surface area contributed by atoms with Gasteiger partial charge in [0.05, 0.1) is 19.6 Å². The SMILES string of the molecule is COC(=O)C[C@H](NC(=O)c1ccc(CN2CCCCC2)cc1)c1ccccc1. The summed E-state index contributed by atoms with van der Waals surface area (Å²) in [5, 5.41) is 2.97. The van der Waals surface area contributed by atoms with Gasteiger partial charge in [0.25, 0.3) is 5.91 Å².